The number of anilines is 1. The number of nitrogens with zero attached hydrogens (tertiary/aromatic N) is 2. The predicted molar refractivity (Wildman–Crippen MR) is 135 cm³/mol. The van der Waals surface area contributed by atoms with Crippen molar-refractivity contribution in [2.45, 2.75) is 65.5 Å². The lowest BCUT2D eigenvalue weighted by molar-refractivity contribution is 0.0957. The molecule has 0 saturated heterocycles. The number of hydrazone groups is 1. The average Bonchev–Trinajstić information content (AvgIpc) is 2.73. The Morgan fingerprint density at radius 1 is 1.16 bits per heavy atom. The fourth-order valence-electron chi connectivity index (χ4n) is 5.37. The molecule has 0 fully saturated rings. The van der Waals surface area contributed by atoms with Crippen LogP contribution >= 0.6 is 0 Å². The van der Waals surface area contributed by atoms with Crippen LogP contribution in [0.4, 0.5) is 5.69 Å². The minimum absolute atomic E-state index is 0.120. The molecule has 1 aliphatic rings. The summed E-state index contributed by atoms with van der Waals surface area (Å²) in [6.07, 6.45) is 2.88. The van der Waals surface area contributed by atoms with E-state index in [-0.39, 0.29) is 11.4 Å². The minimum Gasteiger partial charge on any atom is -0.364 e. The molecule has 1 N–H and O–H groups in total. The Balaban J connectivity index is 1.60. The number of nitrogens with one attached hydrogen (secondary N) is 1. The molecular weight excluding hydrogens is 394 g/mol. The third kappa shape index (κ3) is 4.02. The average molecular weight is 428 g/mol. The fourth-order valence-corrected chi connectivity index (χ4v) is 5.37. The van der Waals surface area contributed by atoms with E-state index >= 15 is 0 Å². The van der Waals surface area contributed by atoms with Crippen molar-refractivity contribution in [2.75, 3.05) is 4.90 Å². The van der Waals surface area contributed by atoms with E-state index in [1.807, 2.05) is 42.5 Å². The van der Waals surface area contributed by atoms with Crippen molar-refractivity contribution in [3.8, 4) is 0 Å². The third-order valence-electron chi connectivity index (χ3n) is 6.58. The molecule has 1 aliphatic heterocycles. The maximum atomic E-state index is 12.8. The van der Waals surface area contributed by atoms with Gasteiger partial charge in [-0.15, -0.1) is 0 Å². The van der Waals surface area contributed by atoms with E-state index < -0.39 is 0 Å². The lowest BCUT2D eigenvalue weighted by atomic mass is 9.78. The minimum atomic E-state index is -0.199. The van der Waals surface area contributed by atoms with Crippen LogP contribution in [0.2, 0.25) is 0 Å². The van der Waals surface area contributed by atoms with Gasteiger partial charge in [0.05, 0.1) is 6.21 Å². The lowest BCUT2D eigenvalue weighted by Crippen LogP contribution is -2.51. The molecule has 166 valence electrons. The molecule has 4 nitrogen and oxygen atoms in total. The largest absolute Gasteiger partial charge is 0.364 e. The van der Waals surface area contributed by atoms with Crippen LogP contribution < -0.4 is 10.3 Å². The number of hydrogen-bond acceptors (Lipinski definition) is 3. The molecule has 3 aromatic rings. The van der Waals surface area contributed by atoms with Crippen molar-refractivity contribution in [2.24, 2.45) is 5.10 Å². The number of benzene rings is 3. The highest BCUT2D eigenvalue weighted by atomic mass is 16.2. The zero-order chi connectivity index (χ0) is 23.0. The van der Waals surface area contributed by atoms with Crippen LogP contribution in [0.3, 0.4) is 0 Å². The van der Waals surface area contributed by atoms with Crippen LogP contribution in [0.15, 0.2) is 59.7 Å². The number of carbonyl (C=O) groups is 1. The zero-order valence-corrected chi connectivity index (χ0v) is 19.9. The number of hydrogen-bond donors (Lipinski definition) is 1. The standard InChI is InChI=1S/C28H33N3O/c1-18(2)31-26-14-19(3)22(15-25(26)20(4)16-28(31,5)6)17-29-30-27(32)24-13-9-11-21-10-7-8-12-23(21)24/h7-15,17-18,20H,16H2,1-6H3,(H,30,32)/b29-17-/t20-/m0/s1. The summed E-state index contributed by atoms with van der Waals surface area (Å²) in [5.41, 5.74) is 8.33. The van der Waals surface area contributed by atoms with Crippen LogP contribution in [-0.2, 0) is 0 Å². The first-order valence-corrected chi connectivity index (χ1v) is 11.4. The van der Waals surface area contributed by atoms with Gasteiger partial charge in [0.2, 0.25) is 0 Å². The summed E-state index contributed by atoms with van der Waals surface area (Å²) in [4.78, 5) is 15.3. The SMILES string of the molecule is Cc1cc2c(cc1/C=N\NC(=O)c1cccc3ccccc13)[C@@H](C)CC(C)(C)N2C(C)C. The normalized spacial score (nSPS) is 17.7. The van der Waals surface area contributed by atoms with E-state index in [1.54, 1.807) is 6.21 Å². The molecule has 4 rings (SSSR count). The van der Waals surface area contributed by atoms with E-state index in [4.69, 9.17) is 0 Å². The van der Waals surface area contributed by atoms with Gasteiger partial charge in [-0.2, -0.15) is 5.10 Å². The van der Waals surface area contributed by atoms with Crippen molar-refractivity contribution in [3.63, 3.8) is 0 Å². The Hall–Kier alpha value is -3.14. The zero-order valence-electron chi connectivity index (χ0n) is 19.9. The van der Waals surface area contributed by atoms with Gasteiger partial charge in [0.1, 0.15) is 0 Å². The summed E-state index contributed by atoms with van der Waals surface area (Å²) < 4.78 is 0. The van der Waals surface area contributed by atoms with Crippen LogP contribution in [0.1, 0.15) is 74.0 Å². The Morgan fingerprint density at radius 2 is 1.88 bits per heavy atom. The maximum absolute atomic E-state index is 12.8. The summed E-state index contributed by atoms with van der Waals surface area (Å²) in [5.74, 6) is 0.266. The molecule has 0 saturated carbocycles. The third-order valence-corrected chi connectivity index (χ3v) is 6.58. The van der Waals surface area contributed by atoms with Crippen molar-refractivity contribution < 1.29 is 4.79 Å². The van der Waals surface area contributed by atoms with Crippen molar-refractivity contribution in [3.05, 3.63) is 76.9 Å². The first kappa shape index (κ1) is 22.1. The molecule has 4 heteroatoms. The van der Waals surface area contributed by atoms with E-state index in [0.29, 0.717) is 17.5 Å². The monoisotopic (exact) mass is 427 g/mol. The van der Waals surface area contributed by atoms with E-state index in [9.17, 15) is 4.79 Å². The quantitative estimate of drug-likeness (QED) is 0.386. The van der Waals surface area contributed by atoms with Crippen molar-refractivity contribution >= 4 is 28.6 Å². The molecule has 0 spiro atoms. The predicted octanol–water partition coefficient (Wildman–Crippen LogP) is 6.41. The Bertz CT molecular complexity index is 1190. The van der Waals surface area contributed by atoms with E-state index in [0.717, 1.165) is 28.3 Å². The van der Waals surface area contributed by atoms with Crippen LogP contribution in [0.5, 0.6) is 0 Å². The van der Waals surface area contributed by atoms with Crippen molar-refractivity contribution in [1.82, 2.24) is 5.43 Å². The van der Waals surface area contributed by atoms with Crippen molar-refractivity contribution in [1.29, 1.82) is 0 Å². The number of fused-ring (bicyclic) bond motifs is 2. The van der Waals surface area contributed by atoms with Gasteiger partial charge < -0.3 is 4.90 Å². The van der Waals surface area contributed by atoms with Crippen LogP contribution in [0, 0.1) is 6.92 Å². The Kier molecular flexibility index (Phi) is 5.81. The van der Waals surface area contributed by atoms with Crippen LogP contribution in [0.25, 0.3) is 10.8 Å². The summed E-state index contributed by atoms with van der Waals surface area (Å²) in [7, 11) is 0. The second-order valence-electron chi connectivity index (χ2n) is 9.87. The number of rotatable bonds is 4. The van der Waals surface area contributed by atoms with Gasteiger partial charge in [0, 0.05) is 22.8 Å². The maximum Gasteiger partial charge on any atom is 0.271 e. The summed E-state index contributed by atoms with van der Waals surface area (Å²) in [6, 6.07) is 18.6. The molecule has 1 amide bonds. The number of carbonyl (C=O) groups excluding carboxylic acids is 1. The molecule has 0 unspecified atom stereocenters. The highest BCUT2D eigenvalue weighted by Crippen LogP contribution is 2.45. The van der Waals surface area contributed by atoms with Crippen LogP contribution in [-0.4, -0.2) is 23.7 Å². The van der Waals surface area contributed by atoms with Gasteiger partial charge >= 0.3 is 0 Å². The topological polar surface area (TPSA) is 44.7 Å². The smallest absolute Gasteiger partial charge is 0.271 e. The molecule has 0 bridgehead atoms. The van der Waals surface area contributed by atoms with Gasteiger partial charge in [-0.05, 0) is 92.6 Å². The molecule has 0 radical (unpaired) electrons. The molecule has 1 atom stereocenters. The summed E-state index contributed by atoms with van der Waals surface area (Å²) in [6.45, 7) is 13.6. The Morgan fingerprint density at radius 3 is 2.62 bits per heavy atom. The van der Waals surface area contributed by atoms with Gasteiger partial charge in [-0.25, -0.2) is 5.43 Å². The Labute approximate surface area is 191 Å². The molecule has 0 aromatic heterocycles. The molecule has 0 aliphatic carbocycles. The molecule has 3 aromatic carbocycles. The summed E-state index contributed by atoms with van der Waals surface area (Å²) in [5, 5.41) is 6.28. The highest BCUT2D eigenvalue weighted by Gasteiger charge is 2.37. The molecule has 1 heterocycles. The van der Waals surface area contributed by atoms with E-state index in [1.165, 1.54) is 11.3 Å². The first-order valence-electron chi connectivity index (χ1n) is 11.4. The van der Waals surface area contributed by atoms with Gasteiger partial charge in [0.25, 0.3) is 5.91 Å². The fraction of sp³-hybridized carbons (Fsp3) is 0.357. The number of amides is 1. The second-order valence-corrected chi connectivity index (χ2v) is 9.87. The number of aryl methyl sites for hydroxylation is 1. The van der Waals surface area contributed by atoms with E-state index in [2.05, 4.69) is 69.1 Å². The highest BCUT2D eigenvalue weighted by molar-refractivity contribution is 6.07. The lowest BCUT2D eigenvalue weighted by Gasteiger charge is -2.50. The molecule has 32 heavy (non-hydrogen) atoms. The first-order chi connectivity index (χ1) is 15.2. The molecular formula is C28H33N3O. The van der Waals surface area contributed by atoms with Gasteiger partial charge in [-0.1, -0.05) is 43.3 Å². The van der Waals surface area contributed by atoms with Gasteiger partial charge in [-0.3, -0.25) is 4.79 Å². The summed E-state index contributed by atoms with van der Waals surface area (Å²) >= 11 is 0. The van der Waals surface area contributed by atoms with Gasteiger partial charge in [0.15, 0.2) is 0 Å². The second kappa shape index (κ2) is 8.42.